The number of carbonyl (C=O) groups is 1. The van der Waals surface area contributed by atoms with Gasteiger partial charge < -0.3 is 9.73 Å². The maximum Gasteiger partial charge on any atom is 0.243 e. The average molecular weight is 413 g/mol. The fourth-order valence-electron chi connectivity index (χ4n) is 3.58. The van der Waals surface area contributed by atoms with Crippen LogP contribution in [0.15, 0.2) is 51.8 Å². The molecule has 0 bridgehead atoms. The van der Waals surface area contributed by atoms with Crippen molar-refractivity contribution in [1.82, 2.24) is 9.29 Å². The fourth-order valence-corrected chi connectivity index (χ4v) is 5.05. The monoisotopic (exact) mass is 413 g/mol. The molecule has 0 radical (unpaired) electrons. The number of anilines is 1. The van der Waals surface area contributed by atoms with Crippen LogP contribution < -0.4 is 5.32 Å². The van der Waals surface area contributed by atoms with Gasteiger partial charge in [-0.05, 0) is 50.1 Å². The van der Waals surface area contributed by atoms with Gasteiger partial charge >= 0.3 is 0 Å². The second-order valence-electron chi connectivity index (χ2n) is 7.40. The van der Waals surface area contributed by atoms with Crippen LogP contribution in [0.3, 0.4) is 0 Å². The Morgan fingerprint density at radius 1 is 1.10 bits per heavy atom. The van der Waals surface area contributed by atoms with E-state index < -0.39 is 10.0 Å². The normalized spacial score (nSPS) is 16.2. The van der Waals surface area contributed by atoms with Crippen LogP contribution in [0.25, 0.3) is 11.1 Å². The van der Waals surface area contributed by atoms with E-state index in [1.807, 2.05) is 6.92 Å². The summed E-state index contributed by atoms with van der Waals surface area (Å²) in [5.41, 5.74) is 3.04. The summed E-state index contributed by atoms with van der Waals surface area (Å²) in [6.07, 6.45) is 0.977. The lowest BCUT2D eigenvalue weighted by Crippen LogP contribution is -2.41. The number of benzene rings is 2. The van der Waals surface area contributed by atoms with E-state index >= 15 is 0 Å². The topological polar surface area (TPSA) is 92.5 Å². The highest BCUT2D eigenvalue weighted by Crippen LogP contribution is 2.26. The molecule has 8 heteroatoms. The van der Waals surface area contributed by atoms with E-state index in [1.54, 1.807) is 49.4 Å². The molecule has 1 aliphatic heterocycles. The van der Waals surface area contributed by atoms with Crippen LogP contribution in [0.2, 0.25) is 0 Å². The van der Waals surface area contributed by atoms with Crippen LogP contribution in [-0.2, 0) is 14.8 Å². The molecule has 1 aromatic heterocycles. The second-order valence-corrected chi connectivity index (χ2v) is 9.33. The highest BCUT2D eigenvalue weighted by Gasteiger charge is 2.32. The average Bonchev–Trinajstić information content (AvgIpc) is 3.07. The van der Waals surface area contributed by atoms with Crippen LogP contribution in [-0.4, -0.2) is 36.7 Å². The van der Waals surface area contributed by atoms with Gasteiger partial charge in [-0.25, -0.2) is 13.4 Å². The lowest BCUT2D eigenvalue weighted by atomic mass is 9.97. The minimum absolute atomic E-state index is 0.100. The number of hydrogen-bond donors (Lipinski definition) is 1. The van der Waals surface area contributed by atoms with Crippen molar-refractivity contribution in [3.8, 4) is 0 Å². The summed E-state index contributed by atoms with van der Waals surface area (Å²) < 4.78 is 32.5. The van der Waals surface area contributed by atoms with Crippen molar-refractivity contribution < 1.29 is 17.6 Å². The van der Waals surface area contributed by atoms with Gasteiger partial charge in [-0.15, -0.1) is 0 Å². The first-order valence-electron chi connectivity index (χ1n) is 9.58. The van der Waals surface area contributed by atoms with E-state index in [-0.39, 0.29) is 11.8 Å². The number of rotatable bonds is 4. The molecule has 0 unspecified atom stereocenters. The van der Waals surface area contributed by atoms with Crippen molar-refractivity contribution in [2.75, 3.05) is 18.4 Å². The van der Waals surface area contributed by atoms with Gasteiger partial charge in [0.1, 0.15) is 5.52 Å². The quantitative estimate of drug-likeness (QED) is 0.707. The zero-order chi connectivity index (χ0) is 20.6. The Hall–Kier alpha value is -2.71. The number of nitrogens with zero attached hydrogens (tertiary/aromatic N) is 2. The molecule has 152 valence electrons. The van der Waals surface area contributed by atoms with Gasteiger partial charge in [0.05, 0.1) is 4.90 Å². The zero-order valence-corrected chi connectivity index (χ0v) is 17.2. The van der Waals surface area contributed by atoms with Crippen LogP contribution >= 0.6 is 0 Å². The number of nitrogens with one attached hydrogen (secondary N) is 1. The van der Waals surface area contributed by atoms with Crippen LogP contribution in [0.1, 0.15) is 24.3 Å². The number of hydrogen-bond acceptors (Lipinski definition) is 5. The second kappa shape index (κ2) is 7.61. The number of oxazole rings is 1. The zero-order valence-electron chi connectivity index (χ0n) is 16.4. The molecular weight excluding hydrogens is 390 g/mol. The molecule has 0 aliphatic carbocycles. The van der Waals surface area contributed by atoms with Crippen molar-refractivity contribution >= 4 is 32.7 Å². The smallest absolute Gasteiger partial charge is 0.243 e. The van der Waals surface area contributed by atoms with Crippen molar-refractivity contribution in [3.05, 3.63) is 53.9 Å². The van der Waals surface area contributed by atoms with Gasteiger partial charge in [0, 0.05) is 31.6 Å². The predicted octanol–water partition coefficient (Wildman–Crippen LogP) is 3.48. The van der Waals surface area contributed by atoms with Gasteiger partial charge in [-0.1, -0.05) is 17.7 Å². The minimum atomic E-state index is -3.53. The number of fused-ring (bicyclic) bond motifs is 1. The third-order valence-electron chi connectivity index (χ3n) is 5.25. The summed E-state index contributed by atoms with van der Waals surface area (Å²) in [5.74, 6) is 0.247. The van der Waals surface area contributed by atoms with Gasteiger partial charge in [-0.3, -0.25) is 4.79 Å². The Balaban J connectivity index is 1.39. The highest BCUT2D eigenvalue weighted by atomic mass is 32.2. The fraction of sp³-hybridized carbons (Fsp3) is 0.333. The molecule has 3 aromatic rings. The van der Waals surface area contributed by atoms with E-state index in [0.717, 1.165) is 5.56 Å². The van der Waals surface area contributed by atoms with Crippen LogP contribution in [0.5, 0.6) is 0 Å². The summed E-state index contributed by atoms with van der Waals surface area (Å²) >= 11 is 0. The third-order valence-corrected chi connectivity index (χ3v) is 7.16. The molecule has 1 amide bonds. The Morgan fingerprint density at radius 3 is 2.48 bits per heavy atom. The van der Waals surface area contributed by atoms with Gasteiger partial charge in [0.2, 0.25) is 15.9 Å². The lowest BCUT2D eigenvalue weighted by molar-refractivity contribution is -0.120. The Morgan fingerprint density at radius 2 is 1.79 bits per heavy atom. The van der Waals surface area contributed by atoms with Crippen molar-refractivity contribution in [2.24, 2.45) is 5.92 Å². The molecule has 1 N–H and O–H groups in total. The van der Waals surface area contributed by atoms with E-state index in [1.165, 1.54) is 4.31 Å². The maximum atomic E-state index is 12.8. The molecule has 1 aliphatic rings. The summed E-state index contributed by atoms with van der Waals surface area (Å²) in [4.78, 5) is 17.2. The van der Waals surface area contributed by atoms with E-state index in [9.17, 15) is 13.2 Å². The molecule has 2 heterocycles. The van der Waals surface area contributed by atoms with Gasteiger partial charge in [-0.2, -0.15) is 4.31 Å². The molecule has 0 atom stereocenters. The molecule has 1 saturated heterocycles. The number of piperidine rings is 1. The van der Waals surface area contributed by atoms with Gasteiger partial charge in [0.15, 0.2) is 11.5 Å². The molecule has 2 aromatic carbocycles. The highest BCUT2D eigenvalue weighted by molar-refractivity contribution is 7.89. The molecule has 29 heavy (non-hydrogen) atoms. The number of amides is 1. The predicted molar refractivity (Wildman–Crippen MR) is 110 cm³/mol. The molecule has 4 rings (SSSR count). The van der Waals surface area contributed by atoms with E-state index in [0.29, 0.717) is 53.5 Å². The summed E-state index contributed by atoms with van der Waals surface area (Å²) in [6.45, 7) is 4.35. The van der Waals surface area contributed by atoms with Crippen LogP contribution in [0, 0.1) is 19.8 Å². The summed E-state index contributed by atoms with van der Waals surface area (Å²) in [7, 11) is -3.53. The summed E-state index contributed by atoms with van der Waals surface area (Å²) in [6, 6.07) is 12.2. The SMILES string of the molecule is Cc1ccc(S(=O)(=O)N2CCC(C(=O)Nc3ccc4oc(C)nc4c3)CC2)cc1. The first-order valence-corrected chi connectivity index (χ1v) is 11.0. The minimum Gasteiger partial charge on any atom is -0.441 e. The number of sulfonamides is 1. The number of aromatic nitrogens is 1. The Bertz CT molecular complexity index is 1140. The van der Waals surface area contributed by atoms with Crippen LogP contribution in [0.4, 0.5) is 5.69 Å². The van der Waals surface area contributed by atoms with E-state index in [4.69, 9.17) is 4.42 Å². The standard InChI is InChI=1S/C21H23N3O4S/c1-14-3-6-18(7-4-14)29(26,27)24-11-9-16(10-12-24)21(25)23-17-5-8-20-19(13-17)22-15(2)28-20/h3-8,13,16H,9-12H2,1-2H3,(H,23,25). The molecule has 7 nitrogen and oxygen atoms in total. The number of carbonyl (C=O) groups excluding carboxylic acids is 1. The molecule has 0 saturated carbocycles. The van der Waals surface area contributed by atoms with E-state index in [2.05, 4.69) is 10.3 Å². The van der Waals surface area contributed by atoms with Crippen molar-refractivity contribution in [3.63, 3.8) is 0 Å². The van der Waals surface area contributed by atoms with Crippen molar-refractivity contribution in [1.29, 1.82) is 0 Å². The molecule has 0 spiro atoms. The van der Waals surface area contributed by atoms with Gasteiger partial charge in [0.25, 0.3) is 0 Å². The molecular formula is C21H23N3O4S. The largest absolute Gasteiger partial charge is 0.441 e. The first-order chi connectivity index (χ1) is 13.8. The lowest BCUT2D eigenvalue weighted by Gasteiger charge is -2.30. The number of aryl methyl sites for hydroxylation is 2. The summed E-state index contributed by atoms with van der Waals surface area (Å²) in [5, 5.41) is 2.92. The first kappa shape index (κ1) is 19.6. The Labute approximate surface area is 169 Å². The Kier molecular flexibility index (Phi) is 5.14. The third kappa shape index (κ3) is 4.04. The maximum absolute atomic E-state index is 12.8. The molecule has 1 fully saturated rings. The van der Waals surface area contributed by atoms with Crippen molar-refractivity contribution in [2.45, 2.75) is 31.6 Å².